The van der Waals surface area contributed by atoms with Crippen molar-refractivity contribution in [1.29, 1.82) is 0 Å². The lowest BCUT2D eigenvalue weighted by Crippen LogP contribution is -2.19. The maximum Gasteiger partial charge on any atom is 0.348 e. The summed E-state index contributed by atoms with van der Waals surface area (Å²) >= 11 is 10.0. The second-order valence-electron chi connectivity index (χ2n) is 7.40. The lowest BCUT2D eigenvalue weighted by Gasteiger charge is -2.14. The Morgan fingerprint density at radius 1 is 1.00 bits per heavy atom. The Kier molecular flexibility index (Phi) is 9.35. The highest BCUT2D eigenvalue weighted by Crippen LogP contribution is 2.35. The van der Waals surface area contributed by atoms with Crippen LogP contribution < -0.4 is 10.0 Å². The smallest absolute Gasteiger partial charge is 0.348 e. The molecular weight excluding hydrogens is 608 g/mol. The predicted octanol–water partition coefficient (Wildman–Crippen LogP) is 5.88. The van der Waals surface area contributed by atoms with Crippen LogP contribution in [0.15, 0.2) is 51.8 Å². The van der Waals surface area contributed by atoms with Gasteiger partial charge in [0.2, 0.25) is 0 Å². The minimum Gasteiger partial charge on any atom is -0.462 e. The fourth-order valence-electron chi connectivity index (χ4n) is 3.22. The first kappa shape index (κ1) is 28.6. The highest BCUT2D eigenvalue weighted by Gasteiger charge is 2.28. The van der Waals surface area contributed by atoms with Crippen LogP contribution in [-0.4, -0.2) is 39.5 Å². The van der Waals surface area contributed by atoms with E-state index in [2.05, 4.69) is 26.0 Å². The molecule has 0 saturated carbocycles. The van der Waals surface area contributed by atoms with Crippen LogP contribution in [0.25, 0.3) is 0 Å². The summed E-state index contributed by atoms with van der Waals surface area (Å²) in [5.41, 5.74) is 0.273. The van der Waals surface area contributed by atoms with E-state index in [4.69, 9.17) is 21.1 Å². The minimum atomic E-state index is -4.06. The molecule has 3 aromatic rings. The zero-order valence-corrected chi connectivity index (χ0v) is 23.9. The zero-order chi connectivity index (χ0) is 27.3. The highest BCUT2D eigenvalue weighted by atomic mass is 79.9. The van der Waals surface area contributed by atoms with Crippen molar-refractivity contribution in [2.75, 3.05) is 23.3 Å². The van der Waals surface area contributed by atoms with Crippen LogP contribution in [0.3, 0.4) is 0 Å². The monoisotopic (exact) mass is 628 g/mol. The summed E-state index contributed by atoms with van der Waals surface area (Å²) in [5.74, 6) is -2.09. The van der Waals surface area contributed by atoms with Gasteiger partial charge in [0.1, 0.15) is 9.88 Å². The minimum absolute atomic E-state index is 0.00720. The van der Waals surface area contributed by atoms with E-state index < -0.39 is 27.9 Å². The Morgan fingerprint density at radius 2 is 1.62 bits per heavy atom. The largest absolute Gasteiger partial charge is 0.462 e. The van der Waals surface area contributed by atoms with Crippen molar-refractivity contribution in [2.45, 2.75) is 25.7 Å². The lowest BCUT2D eigenvalue weighted by atomic mass is 10.1. The molecule has 37 heavy (non-hydrogen) atoms. The van der Waals surface area contributed by atoms with E-state index >= 15 is 0 Å². The van der Waals surface area contributed by atoms with E-state index in [0.29, 0.717) is 15.1 Å². The van der Waals surface area contributed by atoms with Crippen molar-refractivity contribution in [3.63, 3.8) is 0 Å². The maximum absolute atomic E-state index is 13.4. The third kappa shape index (κ3) is 6.69. The molecule has 1 aromatic heterocycles. The predicted molar refractivity (Wildman–Crippen MR) is 145 cm³/mol. The molecule has 0 unspecified atom stereocenters. The van der Waals surface area contributed by atoms with Gasteiger partial charge in [-0.25, -0.2) is 18.0 Å². The summed E-state index contributed by atoms with van der Waals surface area (Å²) in [6, 6.07) is 9.94. The van der Waals surface area contributed by atoms with Gasteiger partial charge in [0.05, 0.1) is 34.9 Å². The molecule has 0 bridgehead atoms. The molecule has 196 valence electrons. The summed E-state index contributed by atoms with van der Waals surface area (Å²) in [5, 5.41) is 3.06. The van der Waals surface area contributed by atoms with Gasteiger partial charge in [-0.1, -0.05) is 27.5 Å². The summed E-state index contributed by atoms with van der Waals surface area (Å²) in [6.45, 7) is 5.04. The standard InChI is InChI=1S/C24H22BrClN2O7S2/c1-4-34-23(30)19-13(3)20(24(31)35-5-2)36-22(19)27-21(29)17-12-14(25)6-11-18(17)28-37(32,33)16-9-7-15(26)8-10-16/h6-12,28H,4-5H2,1-3H3,(H,27,29). The Morgan fingerprint density at radius 3 is 2.24 bits per heavy atom. The van der Waals surface area contributed by atoms with Gasteiger partial charge in [0.15, 0.2) is 0 Å². The van der Waals surface area contributed by atoms with Crippen LogP contribution in [0.4, 0.5) is 10.7 Å². The number of anilines is 2. The Labute approximate surface area is 231 Å². The first-order valence-corrected chi connectivity index (χ1v) is 14.3. The molecule has 0 saturated heterocycles. The van der Waals surface area contributed by atoms with Crippen molar-refractivity contribution < 1.29 is 32.3 Å². The number of sulfonamides is 1. The molecule has 0 aliphatic carbocycles. The molecular formula is C24H22BrClN2O7S2. The number of halogens is 2. The molecule has 0 aliphatic rings. The molecule has 13 heteroatoms. The molecule has 3 rings (SSSR count). The lowest BCUT2D eigenvalue weighted by molar-refractivity contribution is 0.0527. The number of rotatable bonds is 9. The van der Waals surface area contributed by atoms with E-state index in [-0.39, 0.29) is 44.8 Å². The summed E-state index contributed by atoms with van der Waals surface area (Å²) in [6.07, 6.45) is 0. The van der Waals surface area contributed by atoms with Crippen LogP contribution in [-0.2, 0) is 19.5 Å². The van der Waals surface area contributed by atoms with Gasteiger partial charge in [-0.05, 0) is 68.8 Å². The molecule has 2 N–H and O–H groups in total. The first-order chi connectivity index (χ1) is 17.5. The molecule has 1 amide bonds. The molecule has 0 aliphatic heterocycles. The number of benzene rings is 2. The molecule has 0 spiro atoms. The van der Waals surface area contributed by atoms with E-state index in [1.807, 2.05) is 0 Å². The third-order valence-electron chi connectivity index (χ3n) is 4.91. The summed E-state index contributed by atoms with van der Waals surface area (Å²) in [7, 11) is -4.06. The van der Waals surface area contributed by atoms with Gasteiger partial charge >= 0.3 is 11.9 Å². The summed E-state index contributed by atoms with van der Waals surface area (Å²) < 4.78 is 38.9. The number of nitrogens with one attached hydrogen (secondary N) is 2. The van der Waals surface area contributed by atoms with Crippen molar-refractivity contribution in [3.8, 4) is 0 Å². The van der Waals surface area contributed by atoms with E-state index in [0.717, 1.165) is 11.3 Å². The number of ether oxygens (including phenoxy) is 2. The quantitative estimate of drug-likeness (QED) is 0.283. The van der Waals surface area contributed by atoms with Gasteiger partial charge in [0, 0.05) is 9.50 Å². The molecule has 0 fully saturated rings. The van der Waals surface area contributed by atoms with Crippen LogP contribution >= 0.6 is 38.9 Å². The number of amides is 1. The SMILES string of the molecule is CCOC(=O)c1sc(NC(=O)c2cc(Br)ccc2NS(=O)(=O)c2ccc(Cl)cc2)c(C(=O)OCC)c1C. The van der Waals surface area contributed by atoms with Crippen LogP contribution in [0.1, 0.15) is 49.8 Å². The highest BCUT2D eigenvalue weighted by molar-refractivity contribution is 9.10. The van der Waals surface area contributed by atoms with Gasteiger partial charge in [0.25, 0.3) is 15.9 Å². The number of carbonyl (C=O) groups is 3. The maximum atomic E-state index is 13.4. The van der Waals surface area contributed by atoms with Crippen molar-refractivity contribution in [3.05, 3.63) is 73.5 Å². The average Bonchev–Trinajstić information content (AvgIpc) is 3.16. The molecule has 2 aromatic carbocycles. The molecule has 1 heterocycles. The molecule has 0 atom stereocenters. The van der Waals surface area contributed by atoms with Crippen molar-refractivity contribution in [2.24, 2.45) is 0 Å². The van der Waals surface area contributed by atoms with E-state index in [1.165, 1.54) is 36.4 Å². The number of hydrogen-bond acceptors (Lipinski definition) is 8. The Hall–Kier alpha value is -2.93. The Bertz CT molecular complexity index is 1450. The normalized spacial score (nSPS) is 11.1. The number of carbonyl (C=O) groups excluding carboxylic acids is 3. The number of thiophene rings is 1. The van der Waals surface area contributed by atoms with E-state index in [9.17, 15) is 22.8 Å². The number of esters is 2. The topological polar surface area (TPSA) is 128 Å². The van der Waals surface area contributed by atoms with Crippen molar-refractivity contribution >= 4 is 77.4 Å². The number of hydrogen-bond donors (Lipinski definition) is 2. The Balaban J connectivity index is 2.00. The molecule has 9 nitrogen and oxygen atoms in total. The second-order valence-corrected chi connectivity index (χ2v) is 11.5. The van der Waals surface area contributed by atoms with Crippen molar-refractivity contribution in [1.82, 2.24) is 0 Å². The van der Waals surface area contributed by atoms with E-state index in [1.54, 1.807) is 26.8 Å². The second kappa shape index (κ2) is 12.1. The fraction of sp³-hybridized carbons (Fsp3) is 0.208. The third-order valence-corrected chi connectivity index (χ3v) is 8.22. The van der Waals surface area contributed by atoms with Crippen LogP contribution in [0.2, 0.25) is 5.02 Å². The van der Waals surface area contributed by atoms with Gasteiger partial charge in [-0.3, -0.25) is 9.52 Å². The van der Waals surface area contributed by atoms with Gasteiger partial charge in [-0.2, -0.15) is 0 Å². The average molecular weight is 630 g/mol. The first-order valence-electron chi connectivity index (χ1n) is 10.8. The van der Waals surface area contributed by atoms with Crippen LogP contribution in [0.5, 0.6) is 0 Å². The fourth-order valence-corrected chi connectivity index (χ4v) is 5.87. The summed E-state index contributed by atoms with van der Waals surface area (Å²) in [4.78, 5) is 38.5. The zero-order valence-electron chi connectivity index (χ0n) is 19.9. The van der Waals surface area contributed by atoms with Crippen LogP contribution in [0, 0.1) is 6.92 Å². The van der Waals surface area contributed by atoms with Gasteiger partial charge < -0.3 is 14.8 Å². The van der Waals surface area contributed by atoms with Gasteiger partial charge in [-0.15, -0.1) is 11.3 Å². The molecule has 0 radical (unpaired) electrons.